The second kappa shape index (κ2) is 6.89. The van der Waals surface area contributed by atoms with Gasteiger partial charge in [-0.15, -0.1) is 0 Å². The molecule has 1 aromatic rings. The summed E-state index contributed by atoms with van der Waals surface area (Å²) in [5, 5.41) is 4.28. The van der Waals surface area contributed by atoms with Gasteiger partial charge < -0.3 is 10.1 Å². The van der Waals surface area contributed by atoms with Crippen molar-refractivity contribution >= 4 is 11.6 Å². The van der Waals surface area contributed by atoms with E-state index in [2.05, 4.69) is 24.4 Å². The average Bonchev–Trinajstić information content (AvgIpc) is 2.28. The lowest BCUT2D eigenvalue weighted by atomic mass is 10.1. The van der Waals surface area contributed by atoms with Crippen molar-refractivity contribution in [3.8, 4) is 0 Å². The molecule has 0 bridgehead atoms. The lowest BCUT2D eigenvalue weighted by molar-refractivity contribution is 0.164. The normalized spacial score (nSPS) is 12.8. The van der Waals surface area contributed by atoms with Crippen LogP contribution < -0.4 is 5.32 Å². The fraction of sp³-hybridized carbons (Fsp3) is 0.538. The first-order chi connectivity index (χ1) is 7.67. The predicted molar refractivity (Wildman–Crippen MR) is 69.0 cm³/mol. The number of methoxy groups -OCH3 is 1. The third-order valence-corrected chi connectivity index (χ3v) is 3.10. The summed E-state index contributed by atoms with van der Waals surface area (Å²) in [6, 6.07) is 6.58. The van der Waals surface area contributed by atoms with Crippen LogP contribution >= 0.6 is 11.6 Å². The van der Waals surface area contributed by atoms with Crippen LogP contribution in [-0.2, 0) is 11.3 Å². The average molecular weight is 242 g/mol. The Hall–Kier alpha value is -0.570. The molecule has 0 saturated carbocycles. The highest BCUT2D eigenvalue weighted by molar-refractivity contribution is 6.31. The van der Waals surface area contributed by atoms with Gasteiger partial charge in [0.1, 0.15) is 0 Å². The summed E-state index contributed by atoms with van der Waals surface area (Å²) < 4.78 is 5.14. The standard InChI is InChI=1S/C13H20ClNO/c1-4-12(9-16-3)15-8-11-6-5-10(2)13(14)7-11/h5-7,12,15H,4,8-9H2,1-3H3. The second-order valence-electron chi connectivity index (χ2n) is 4.02. The molecule has 0 saturated heterocycles. The van der Waals surface area contributed by atoms with E-state index in [0.29, 0.717) is 6.04 Å². The van der Waals surface area contributed by atoms with Gasteiger partial charge in [-0.05, 0) is 30.5 Å². The molecule has 1 rings (SSSR count). The number of nitrogens with one attached hydrogen (secondary N) is 1. The lowest BCUT2D eigenvalue weighted by Gasteiger charge is -2.16. The summed E-state index contributed by atoms with van der Waals surface area (Å²) in [7, 11) is 1.73. The summed E-state index contributed by atoms with van der Waals surface area (Å²) in [5.41, 5.74) is 2.33. The summed E-state index contributed by atoms with van der Waals surface area (Å²) in [5.74, 6) is 0. The molecule has 0 aromatic heterocycles. The van der Waals surface area contributed by atoms with Crippen LogP contribution in [0.3, 0.4) is 0 Å². The van der Waals surface area contributed by atoms with Gasteiger partial charge in [0.2, 0.25) is 0 Å². The van der Waals surface area contributed by atoms with E-state index < -0.39 is 0 Å². The minimum Gasteiger partial charge on any atom is -0.383 e. The highest BCUT2D eigenvalue weighted by Gasteiger charge is 2.05. The van der Waals surface area contributed by atoms with E-state index in [4.69, 9.17) is 16.3 Å². The van der Waals surface area contributed by atoms with Crippen molar-refractivity contribution in [1.82, 2.24) is 5.32 Å². The molecule has 3 heteroatoms. The molecule has 90 valence electrons. The molecule has 0 spiro atoms. The first-order valence-corrected chi connectivity index (χ1v) is 6.02. The predicted octanol–water partition coefficient (Wildman–Crippen LogP) is 3.16. The molecule has 0 aliphatic carbocycles. The Bertz CT molecular complexity index is 328. The molecular formula is C13H20ClNO. The summed E-state index contributed by atoms with van der Waals surface area (Å²) in [4.78, 5) is 0. The quantitative estimate of drug-likeness (QED) is 0.826. The molecule has 0 amide bonds. The van der Waals surface area contributed by atoms with Gasteiger partial charge in [0.15, 0.2) is 0 Å². The number of hydrogen-bond acceptors (Lipinski definition) is 2. The van der Waals surface area contributed by atoms with Crippen molar-refractivity contribution in [3.05, 3.63) is 34.3 Å². The molecule has 1 atom stereocenters. The Labute approximate surface area is 103 Å². The number of aryl methyl sites for hydroxylation is 1. The van der Waals surface area contributed by atoms with Crippen molar-refractivity contribution in [2.75, 3.05) is 13.7 Å². The van der Waals surface area contributed by atoms with Gasteiger partial charge >= 0.3 is 0 Å². The zero-order valence-corrected chi connectivity index (χ0v) is 11.0. The first kappa shape index (κ1) is 13.5. The number of ether oxygens (including phenoxy) is 1. The molecule has 0 radical (unpaired) electrons. The molecule has 1 N–H and O–H groups in total. The molecule has 2 nitrogen and oxygen atoms in total. The van der Waals surface area contributed by atoms with Crippen LogP contribution in [0.4, 0.5) is 0 Å². The zero-order valence-electron chi connectivity index (χ0n) is 10.2. The van der Waals surface area contributed by atoms with Crippen molar-refractivity contribution in [3.63, 3.8) is 0 Å². The van der Waals surface area contributed by atoms with Crippen molar-refractivity contribution < 1.29 is 4.74 Å². The van der Waals surface area contributed by atoms with Crippen molar-refractivity contribution in [2.45, 2.75) is 32.9 Å². The van der Waals surface area contributed by atoms with E-state index in [1.54, 1.807) is 7.11 Å². The molecule has 0 heterocycles. The maximum absolute atomic E-state index is 6.07. The van der Waals surface area contributed by atoms with Gasteiger partial charge in [-0.3, -0.25) is 0 Å². The van der Waals surface area contributed by atoms with Crippen LogP contribution in [0.25, 0.3) is 0 Å². The Morgan fingerprint density at radius 2 is 2.19 bits per heavy atom. The highest BCUT2D eigenvalue weighted by atomic mass is 35.5. The number of hydrogen-bond donors (Lipinski definition) is 1. The molecule has 0 aliphatic rings. The smallest absolute Gasteiger partial charge is 0.0615 e. The van der Waals surface area contributed by atoms with Crippen LogP contribution in [0.15, 0.2) is 18.2 Å². The van der Waals surface area contributed by atoms with Crippen LogP contribution in [0, 0.1) is 6.92 Å². The highest BCUT2D eigenvalue weighted by Crippen LogP contribution is 2.16. The van der Waals surface area contributed by atoms with Crippen LogP contribution in [0.1, 0.15) is 24.5 Å². The maximum Gasteiger partial charge on any atom is 0.0615 e. The fourth-order valence-corrected chi connectivity index (χ4v) is 1.73. The fourth-order valence-electron chi connectivity index (χ4n) is 1.53. The van der Waals surface area contributed by atoms with Gasteiger partial charge in [-0.2, -0.15) is 0 Å². The van der Waals surface area contributed by atoms with E-state index in [1.807, 2.05) is 13.0 Å². The van der Waals surface area contributed by atoms with E-state index in [0.717, 1.165) is 30.2 Å². The topological polar surface area (TPSA) is 21.3 Å². The Morgan fingerprint density at radius 1 is 1.44 bits per heavy atom. The third kappa shape index (κ3) is 4.12. The van der Waals surface area contributed by atoms with Gasteiger partial charge in [-0.25, -0.2) is 0 Å². The van der Waals surface area contributed by atoms with Gasteiger partial charge in [-0.1, -0.05) is 30.7 Å². The van der Waals surface area contributed by atoms with Crippen molar-refractivity contribution in [1.29, 1.82) is 0 Å². The SMILES string of the molecule is CCC(COC)NCc1ccc(C)c(Cl)c1. The Kier molecular flexibility index (Phi) is 5.81. The van der Waals surface area contributed by atoms with Crippen LogP contribution in [0.5, 0.6) is 0 Å². The van der Waals surface area contributed by atoms with E-state index in [9.17, 15) is 0 Å². The third-order valence-electron chi connectivity index (χ3n) is 2.69. The van der Waals surface area contributed by atoms with Crippen LogP contribution in [0.2, 0.25) is 5.02 Å². The van der Waals surface area contributed by atoms with E-state index >= 15 is 0 Å². The molecule has 1 unspecified atom stereocenters. The largest absolute Gasteiger partial charge is 0.383 e. The monoisotopic (exact) mass is 241 g/mol. The first-order valence-electron chi connectivity index (χ1n) is 5.64. The van der Waals surface area contributed by atoms with Gasteiger partial charge in [0.25, 0.3) is 0 Å². The minimum atomic E-state index is 0.407. The molecule has 1 aromatic carbocycles. The van der Waals surface area contributed by atoms with Gasteiger partial charge in [0, 0.05) is 24.7 Å². The number of benzene rings is 1. The maximum atomic E-state index is 6.07. The van der Waals surface area contributed by atoms with Crippen LogP contribution in [-0.4, -0.2) is 19.8 Å². The molecule has 16 heavy (non-hydrogen) atoms. The van der Waals surface area contributed by atoms with E-state index in [1.165, 1.54) is 5.56 Å². The molecule has 0 aliphatic heterocycles. The summed E-state index contributed by atoms with van der Waals surface area (Å²) in [6.07, 6.45) is 1.06. The van der Waals surface area contributed by atoms with Crippen molar-refractivity contribution in [2.24, 2.45) is 0 Å². The number of halogens is 1. The zero-order chi connectivity index (χ0) is 12.0. The number of rotatable bonds is 6. The Morgan fingerprint density at radius 3 is 2.75 bits per heavy atom. The van der Waals surface area contributed by atoms with E-state index in [-0.39, 0.29) is 0 Å². The second-order valence-corrected chi connectivity index (χ2v) is 4.43. The molecule has 0 fully saturated rings. The minimum absolute atomic E-state index is 0.407. The summed E-state index contributed by atoms with van der Waals surface area (Å²) >= 11 is 6.07. The van der Waals surface area contributed by atoms with Gasteiger partial charge in [0.05, 0.1) is 6.61 Å². The Balaban J connectivity index is 2.50. The lowest BCUT2D eigenvalue weighted by Crippen LogP contribution is -2.31. The molecular weight excluding hydrogens is 222 g/mol. The summed E-state index contributed by atoms with van der Waals surface area (Å²) in [6.45, 7) is 5.75.